The number of nitrogens with zero attached hydrogens (tertiary/aromatic N) is 2. The van der Waals surface area contributed by atoms with Crippen molar-refractivity contribution in [3.8, 4) is 39.8 Å². The Kier molecular flexibility index (Phi) is 18.8. The Balaban J connectivity index is 1.57. The Morgan fingerprint density at radius 3 is 2.10 bits per heavy atom. The van der Waals surface area contributed by atoms with Crippen LogP contribution in [0.25, 0.3) is 22.3 Å². The predicted molar refractivity (Wildman–Crippen MR) is 252 cm³/mol. The van der Waals surface area contributed by atoms with Gasteiger partial charge in [-0.15, -0.1) is 0 Å². The van der Waals surface area contributed by atoms with Gasteiger partial charge in [0.05, 0.1) is 12.1 Å². The summed E-state index contributed by atoms with van der Waals surface area (Å²) in [6, 6.07) is 21.7. The number of rotatable bonds is 20. The van der Waals surface area contributed by atoms with Crippen molar-refractivity contribution in [1.29, 1.82) is 5.26 Å². The van der Waals surface area contributed by atoms with Gasteiger partial charge in [0.25, 0.3) is 6.43 Å². The van der Waals surface area contributed by atoms with Crippen molar-refractivity contribution in [2.24, 2.45) is 35.0 Å². The highest BCUT2D eigenvalue weighted by Gasteiger charge is 2.36. The number of halogens is 2. The molecule has 7 N–H and O–H groups in total. The van der Waals surface area contributed by atoms with Crippen LogP contribution in [0.1, 0.15) is 98.0 Å². The number of carbonyl (C=O) groups excluding carboxylic acids is 5. The minimum Gasteiger partial charge on any atom is -0.492 e. The van der Waals surface area contributed by atoms with Crippen LogP contribution < -0.4 is 32.0 Å². The van der Waals surface area contributed by atoms with Gasteiger partial charge >= 0.3 is 0 Å². The standard InChI is InChI=1S/C52H62F2N6O7/c1-31(2)24-33-7-10-35(11-8-33)36-12-14-39(42(28-36)50(53)54)45(62)30-38(17-19-56)52(65)60(4)49-37-13-16-48(67-23-21-58)41(29-37)40-26-34(9-15-47(40)66-22-20-57)27-43(44(61)6-5-18-55)59-51(64)32(3)25-46(49)63/h7-16,26,28-29,31-32,38,43,49-50H,5-6,17,19-25,27,30,56-58H2,1-4H3,(H,59,64)/t32-,38-,43+,49+/m1/s1. The van der Waals surface area contributed by atoms with Crippen LogP contribution in [0.4, 0.5) is 8.78 Å². The number of amides is 2. The van der Waals surface area contributed by atoms with E-state index in [1.54, 1.807) is 42.5 Å². The largest absolute Gasteiger partial charge is 0.492 e. The zero-order chi connectivity index (χ0) is 48.8. The molecule has 356 valence electrons. The highest BCUT2D eigenvalue weighted by atomic mass is 19.3. The molecule has 5 rings (SSSR count). The van der Waals surface area contributed by atoms with E-state index in [4.69, 9.17) is 26.7 Å². The summed E-state index contributed by atoms with van der Waals surface area (Å²) in [6.45, 7) is 6.36. The Morgan fingerprint density at radius 1 is 0.851 bits per heavy atom. The fraction of sp³-hybridized carbons (Fsp3) is 0.423. The number of likely N-dealkylation sites (N-methyl/N-ethyl adjacent to an activating group) is 1. The topological polar surface area (TPSA) is 221 Å². The van der Waals surface area contributed by atoms with Crippen molar-refractivity contribution in [2.45, 2.75) is 84.2 Å². The van der Waals surface area contributed by atoms with Gasteiger partial charge in [-0.05, 0) is 89.9 Å². The first-order valence-corrected chi connectivity index (χ1v) is 22.8. The van der Waals surface area contributed by atoms with Crippen molar-refractivity contribution in [1.82, 2.24) is 10.2 Å². The summed E-state index contributed by atoms with van der Waals surface area (Å²) in [7, 11) is 1.41. The van der Waals surface area contributed by atoms with Crippen molar-refractivity contribution in [3.05, 3.63) is 107 Å². The normalized spacial score (nSPS) is 16.7. The number of hydrogen-bond acceptors (Lipinski definition) is 11. The number of ketones is 3. The predicted octanol–water partition coefficient (Wildman–Crippen LogP) is 7.08. The first kappa shape index (κ1) is 51.6. The van der Waals surface area contributed by atoms with Crippen LogP contribution in [0.3, 0.4) is 0 Å². The van der Waals surface area contributed by atoms with Crippen molar-refractivity contribution < 1.29 is 42.2 Å². The number of benzene rings is 4. The van der Waals surface area contributed by atoms with Crippen molar-refractivity contribution >= 4 is 29.2 Å². The van der Waals surface area contributed by atoms with Gasteiger partial charge in [0.15, 0.2) is 17.3 Å². The molecule has 0 saturated carbocycles. The molecule has 4 aromatic carbocycles. The summed E-state index contributed by atoms with van der Waals surface area (Å²) >= 11 is 0. The van der Waals surface area contributed by atoms with Gasteiger partial charge in [0.2, 0.25) is 11.8 Å². The van der Waals surface area contributed by atoms with Gasteiger partial charge in [0.1, 0.15) is 30.8 Å². The van der Waals surface area contributed by atoms with Crippen LogP contribution in [0.5, 0.6) is 11.5 Å². The minimum atomic E-state index is -2.99. The molecule has 67 heavy (non-hydrogen) atoms. The van der Waals surface area contributed by atoms with Gasteiger partial charge in [0, 0.05) is 79.9 Å². The van der Waals surface area contributed by atoms with Crippen LogP contribution in [0.2, 0.25) is 0 Å². The molecule has 2 amide bonds. The van der Waals surface area contributed by atoms with E-state index < -0.39 is 65.7 Å². The molecule has 4 bridgehead atoms. The van der Waals surface area contributed by atoms with Gasteiger partial charge < -0.3 is 36.9 Å². The molecular weight excluding hydrogens is 859 g/mol. The molecule has 0 radical (unpaired) electrons. The van der Waals surface area contributed by atoms with Crippen LogP contribution >= 0.6 is 0 Å². The lowest BCUT2D eigenvalue weighted by atomic mass is 9.87. The number of fused-ring (bicyclic) bond motifs is 5. The molecule has 1 aliphatic heterocycles. The van der Waals surface area contributed by atoms with Crippen molar-refractivity contribution in [2.75, 3.05) is 39.9 Å². The number of alkyl halides is 2. The number of nitriles is 1. The molecule has 0 unspecified atom stereocenters. The molecule has 4 atom stereocenters. The SMILES string of the molecule is CC(C)Cc1ccc(-c2ccc(C(=O)C[C@@H](CCN)C(=O)N(C)[C@@H]3C(=O)C[C@@H](C)C(=O)N[C@H](C(=O)CCC#N)Cc4ccc(OCCN)c(c4)-c4cc3ccc4OCCN)c(C(F)F)c2)cc1. The van der Waals surface area contributed by atoms with Crippen LogP contribution in [0.15, 0.2) is 78.9 Å². The molecule has 13 nitrogen and oxygen atoms in total. The lowest BCUT2D eigenvalue weighted by Gasteiger charge is -2.32. The molecule has 0 aromatic heterocycles. The number of Topliss-reactive ketones (excluding diaryl/α,β-unsaturated/α-hetero) is 3. The Labute approximate surface area is 391 Å². The number of nitrogens with one attached hydrogen (secondary N) is 1. The monoisotopic (exact) mass is 920 g/mol. The number of nitrogens with two attached hydrogens (primary N) is 3. The van der Waals surface area contributed by atoms with Crippen LogP contribution in [-0.4, -0.2) is 80.0 Å². The second kappa shape index (κ2) is 24.4. The third kappa shape index (κ3) is 13.4. The first-order chi connectivity index (χ1) is 32.1. The number of carbonyl (C=O) groups is 5. The quantitative estimate of drug-likeness (QED) is 0.0656. The zero-order valence-electron chi connectivity index (χ0n) is 38.7. The summed E-state index contributed by atoms with van der Waals surface area (Å²) < 4.78 is 41.7. The molecule has 4 aromatic rings. The van der Waals surface area contributed by atoms with E-state index in [1.165, 1.54) is 31.0 Å². The molecule has 1 aliphatic rings. The Bertz CT molecular complexity index is 2440. The summed E-state index contributed by atoms with van der Waals surface area (Å²) in [5, 5.41) is 12.0. The number of hydrogen-bond donors (Lipinski definition) is 4. The van der Waals surface area contributed by atoms with E-state index in [9.17, 15) is 38.0 Å². The molecule has 1 heterocycles. The van der Waals surface area contributed by atoms with Gasteiger partial charge in [-0.3, -0.25) is 24.0 Å². The summed E-state index contributed by atoms with van der Waals surface area (Å²) in [5.74, 6) is -3.72. The maximum Gasteiger partial charge on any atom is 0.264 e. The van der Waals surface area contributed by atoms with E-state index in [2.05, 4.69) is 19.2 Å². The fourth-order valence-corrected chi connectivity index (χ4v) is 8.46. The summed E-state index contributed by atoms with van der Waals surface area (Å²) in [4.78, 5) is 72.0. The summed E-state index contributed by atoms with van der Waals surface area (Å²) in [6.07, 6.45) is -3.08. The lowest BCUT2D eigenvalue weighted by Crippen LogP contribution is -2.46. The zero-order valence-corrected chi connectivity index (χ0v) is 38.7. The Hall–Kier alpha value is -6.34. The molecular formula is C52H62F2N6O7. The van der Waals surface area contributed by atoms with Crippen LogP contribution in [0, 0.1) is 29.1 Å². The average Bonchev–Trinajstić information content (AvgIpc) is 3.31. The summed E-state index contributed by atoms with van der Waals surface area (Å²) in [5.41, 5.74) is 21.3. The minimum absolute atomic E-state index is 0.00752. The second-order valence-corrected chi connectivity index (χ2v) is 17.5. The average molecular weight is 921 g/mol. The molecule has 0 fully saturated rings. The van der Waals surface area contributed by atoms with Gasteiger partial charge in [-0.1, -0.05) is 69.3 Å². The highest BCUT2D eigenvalue weighted by molar-refractivity contribution is 6.01. The fourth-order valence-electron chi connectivity index (χ4n) is 8.46. The number of ether oxygens (including phenoxy) is 2. The van der Waals surface area contributed by atoms with E-state index in [0.717, 1.165) is 12.0 Å². The molecule has 0 spiro atoms. The third-order valence-electron chi connectivity index (χ3n) is 11.8. The molecule has 0 aliphatic carbocycles. The third-order valence-corrected chi connectivity index (χ3v) is 11.8. The van der Waals surface area contributed by atoms with Crippen LogP contribution in [-0.2, 0) is 32.0 Å². The maximum atomic E-state index is 14.7. The van der Waals surface area contributed by atoms with E-state index in [1.807, 2.05) is 30.3 Å². The second-order valence-electron chi connectivity index (χ2n) is 17.5. The molecule has 0 saturated heterocycles. The van der Waals surface area contributed by atoms with Gasteiger partial charge in [-0.2, -0.15) is 5.26 Å². The van der Waals surface area contributed by atoms with E-state index in [-0.39, 0.29) is 76.3 Å². The van der Waals surface area contributed by atoms with Gasteiger partial charge in [-0.25, -0.2) is 8.78 Å². The van der Waals surface area contributed by atoms with Crippen molar-refractivity contribution in [3.63, 3.8) is 0 Å². The lowest BCUT2D eigenvalue weighted by molar-refractivity contribution is -0.142. The first-order valence-electron chi connectivity index (χ1n) is 22.8. The molecule has 15 heteroatoms. The van der Waals surface area contributed by atoms with E-state index in [0.29, 0.717) is 50.8 Å². The van der Waals surface area contributed by atoms with E-state index >= 15 is 0 Å². The smallest absolute Gasteiger partial charge is 0.264 e. The maximum absolute atomic E-state index is 14.7. The Morgan fingerprint density at radius 2 is 1.49 bits per heavy atom. The highest BCUT2D eigenvalue weighted by Crippen LogP contribution is 2.41.